The van der Waals surface area contributed by atoms with Crippen molar-refractivity contribution in [1.82, 2.24) is 4.90 Å². The number of aryl methyl sites for hydroxylation is 1. The zero-order chi connectivity index (χ0) is 15.6. The molecule has 1 fully saturated rings. The van der Waals surface area contributed by atoms with Gasteiger partial charge in [-0.05, 0) is 45.3 Å². The van der Waals surface area contributed by atoms with Gasteiger partial charge in [0.15, 0.2) is 0 Å². The molecule has 1 heterocycles. The lowest BCUT2D eigenvalue weighted by Crippen LogP contribution is -2.37. The van der Waals surface area contributed by atoms with Crippen LogP contribution in [0.15, 0.2) is 18.2 Å². The monoisotopic (exact) mass is 292 g/mol. The number of likely N-dealkylation sites (tertiary alicyclic amines) is 1. The topological polar surface area (TPSA) is 83.7 Å². The quantitative estimate of drug-likeness (QED) is 0.681. The molecule has 1 atom stereocenters. The first-order chi connectivity index (χ1) is 9.90. The first-order valence-corrected chi connectivity index (χ1v) is 7.12. The molecule has 0 aromatic heterocycles. The molecular weight excluding hydrogens is 272 g/mol. The van der Waals surface area contributed by atoms with Gasteiger partial charge >= 0.3 is 5.97 Å². The highest BCUT2D eigenvalue weighted by Crippen LogP contribution is 2.29. The van der Waals surface area contributed by atoms with E-state index in [2.05, 4.69) is 4.90 Å². The summed E-state index contributed by atoms with van der Waals surface area (Å²) in [4.78, 5) is 23.8. The fraction of sp³-hybridized carbons (Fsp3) is 0.533. The van der Waals surface area contributed by atoms with Gasteiger partial charge in [-0.25, -0.2) is 0 Å². The molecule has 2 rings (SSSR count). The second kappa shape index (κ2) is 6.22. The predicted octanol–water partition coefficient (Wildman–Crippen LogP) is 2.76. The van der Waals surface area contributed by atoms with Crippen molar-refractivity contribution >= 4 is 11.7 Å². The largest absolute Gasteiger partial charge is 0.481 e. The van der Waals surface area contributed by atoms with E-state index in [0.717, 1.165) is 5.56 Å². The Morgan fingerprint density at radius 3 is 2.57 bits per heavy atom. The van der Waals surface area contributed by atoms with Crippen LogP contribution in [-0.4, -0.2) is 34.0 Å². The Kier molecular flexibility index (Phi) is 4.57. The van der Waals surface area contributed by atoms with Crippen LogP contribution in [0, 0.1) is 23.0 Å². The standard InChI is InChI=1S/C15H20N2O4/c1-10-3-4-13(9-14(10)17(20)21)11(2)16-7-5-12(6-8-16)15(18)19/h3-4,9,11-12H,5-8H2,1-2H3,(H,18,19). The molecule has 1 N–H and O–H groups in total. The maximum Gasteiger partial charge on any atom is 0.306 e. The van der Waals surface area contributed by atoms with E-state index in [-0.39, 0.29) is 22.6 Å². The number of nitro benzene ring substituents is 1. The number of aliphatic carboxylic acids is 1. The van der Waals surface area contributed by atoms with E-state index in [1.807, 2.05) is 13.0 Å². The molecule has 0 radical (unpaired) electrons. The van der Waals surface area contributed by atoms with Crippen molar-refractivity contribution in [2.45, 2.75) is 32.7 Å². The van der Waals surface area contributed by atoms with Gasteiger partial charge in [0, 0.05) is 17.7 Å². The number of carboxylic acid groups (broad SMARTS) is 1. The Labute approximate surface area is 123 Å². The molecule has 1 aromatic rings. The molecule has 1 unspecified atom stereocenters. The fourth-order valence-corrected chi connectivity index (χ4v) is 2.83. The van der Waals surface area contributed by atoms with Crippen LogP contribution in [0.5, 0.6) is 0 Å². The van der Waals surface area contributed by atoms with Crippen LogP contribution in [0.1, 0.15) is 36.9 Å². The summed E-state index contributed by atoms with van der Waals surface area (Å²) in [6.45, 7) is 5.15. The van der Waals surface area contributed by atoms with Crippen molar-refractivity contribution in [2.24, 2.45) is 5.92 Å². The van der Waals surface area contributed by atoms with Crippen molar-refractivity contribution < 1.29 is 14.8 Å². The zero-order valence-corrected chi connectivity index (χ0v) is 12.3. The summed E-state index contributed by atoms with van der Waals surface area (Å²) in [5, 5.41) is 20.0. The molecule has 0 bridgehead atoms. The first-order valence-electron chi connectivity index (χ1n) is 7.12. The van der Waals surface area contributed by atoms with E-state index in [4.69, 9.17) is 5.11 Å². The van der Waals surface area contributed by atoms with Crippen LogP contribution in [-0.2, 0) is 4.79 Å². The van der Waals surface area contributed by atoms with Crippen molar-refractivity contribution in [3.8, 4) is 0 Å². The molecule has 0 amide bonds. The lowest BCUT2D eigenvalue weighted by atomic mass is 9.94. The van der Waals surface area contributed by atoms with E-state index >= 15 is 0 Å². The molecule has 1 aliphatic rings. The molecular formula is C15H20N2O4. The summed E-state index contributed by atoms with van der Waals surface area (Å²) >= 11 is 0. The van der Waals surface area contributed by atoms with Gasteiger partial charge in [0.2, 0.25) is 0 Å². The van der Waals surface area contributed by atoms with Gasteiger partial charge in [0.1, 0.15) is 0 Å². The van der Waals surface area contributed by atoms with Gasteiger partial charge in [0.05, 0.1) is 10.8 Å². The molecule has 6 heteroatoms. The summed E-state index contributed by atoms with van der Waals surface area (Å²) in [5.74, 6) is -0.992. The minimum Gasteiger partial charge on any atom is -0.481 e. The highest BCUT2D eigenvalue weighted by atomic mass is 16.6. The molecule has 1 aliphatic heterocycles. The first kappa shape index (κ1) is 15.4. The van der Waals surface area contributed by atoms with E-state index in [1.165, 1.54) is 0 Å². The van der Waals surface area contributed by atoms with E-state index < -0.39 is 5.97 Å². The van der Waals surface area contributed by atoms with Crippen LogP contribution < -0.4 is 0 Å². The zero-order valence-electron chi connectivity index (χ0n) is 12.3. The number of benzene rings is 1. The third-order valence-electron chi connectivity index (χ3n) is 4.34. The SMILES string of the molecule is Cc1ccc(C(C)N2CCC(C(=O)O)CC2)cc1[N+](=O)[O-]. The normalized spacial score (nSPS) is 18.4. The summed E-state index contributed by atoms with van der Waals surface area (Å²) in [6.07, 6.45) is 1.27. The Morgan fingerprint density at radius 1 is 1.43 bits per heavy atom. The number of carbonyl (C=O) groups is 1. The molecule has 114 valence electrons. The minimum atomic E-state index is -0.728. The minimum absolute atomic E-state index is 0.0547. The average Bonchev–Trinajstić information content (AvgIpc) is 2.46. The van der Waals surface area contributed by atoms with E-state index in [1.54, 1.807) is 19.1 Å². The molecule has 1 aromatic carbocycles. The number of nitro groups is 1. The third kappa shape index (κ3) is 3.39. The van der Waals surface area contributed by atoms with Crippen LogP contribution in [0.2, 0.25) is 0 Å². The highest BCUT2D eigenvalue weighted by molar-refractivity contribution is 5.70. The number of carboxylic acids is 1. The predicted molar refractivity (Wildman–Crippen MR) is 78.2 cm³/mol. The molecule has 0 spiro atoms. The Balaban J connectivity index is 2.10. The van der Waals surface area contributed by atoms with E-state index in [0.29, 0.717) is 31.5 Å². The summed E-state index contributed by atoms with van der Waals surface area (Å²) in [5.41, 5.74) is 1.70. The fourth-order valence-electron chi connectivity index (χ4n) is 2.83. The second-order valence-corrected chi connectivity index (χ2v) is 5.63. The molecule has 0 saturated carbocycles. The maximum atomic E-state index is 11.0. The smallest absolute Gasteiger partial charge is 0.306 e. The number of nitrogens with zero attached hydrogens (tertiary/aromatic N) is 2. The van der Waals surface area contributed by atoms with Gasteiger partial charge in [-0.3, -0.25) is 19.8 Å². The molecule has 0 aliphatic carbocycles. The average molecular weight is 292 g/mol. The highest BCUT2D eigenvalue weighted by Gasteiger charge is 2.28. The van der Waals surface area contributed by atoms with Crippen LogP contribution in [0.3, 0.4) is 0 Å². The molecule has 21 heavy (non-hydrogen) atoms. The van der Waals surface area contributed by atoms with Crippen molar-refractivity contribution in [2.75, 3.05) is 13.1 Å². The number of piperidine rings is 1. The van der Waals surface area contributed by atoms with Gasteiger partial charge in [-0.15, -0.1) is 0 Å². The Bertz CT molecular complexity index is 551. The second-order valence-electron chi connectivity index (χ2n) is 5.63. The van der Waals surface area contributed by atoms with Gasteiger partial charge < -0.3 is 5.11 Å². The maximum absolute atomic E-state index is 11.0. The van der Waals surface area contributed by atoms with Crippen molar-refractivity contribution in [3.63, 3.8) is 0 Å². The summed E-state index contributed by atoms with van der Waals surface area (Å²) in [7, 11) is 0. The number of hydrogen-bond donors (Lipinski definition) is 1. The summed E-state index contributed by atoms with van der Waals surface area (Å²) < 4.78 is 0. The van der Waals surface area contributed by atoms with Crippen molar-refractivity contribution in [3.05, 3.63) is 39.4 Å². The Hall–Kier alpha value is -1.95. The number of rotatable bonds is 4. The van der Waals surface area contributed by atoms with Crippen LogP contribution in [0.25, 0.3) is 0 Å². The van der Waals surface area contributed by atoms with Crippen LogP contribution >= 0.6 is 0 Å². The van der Waals surface area contributed by atoms with Gasteiger partial charge in [0.25, 0.3) is 5.69 Å². The van der Waals surface area contributed by atoms with E-state index in [9.17, 15) is 14.9 Å². The third-order valence-corrected chi connectivity index (χ3v) is 4.34. The van der Waals surface area contributed by atoms with Crippen molar-refractivity contribution in [1.29, 1.82) is 0 Å². The van der Waals surface area contributed by atoms with Crippen LogP contribution in [0.4, 0.5) is 5.69 Å². The lowest BCUT2D eigenvalue weighted by Gasteiger charge is -2.34. The van der Waals surface area contributed by atoms with Gasteiger partial charge in [-0.1, -0.05) is 12.1 Å². The lowest BCUT2D eigenvalue weighted by molar-refractivity contribution is -0.385. The van der Waals surface area contributed by atoms with Gasteiger partial charge in [-0.2, -0.15) is 0 Å². The molecule has 6 nitrogen and oxygen atoms in total. The summed E-state index contributed by atoms with van der Waals surface area (Å²) in [6, 6.07) is 5.37. The number of hydrogen-bond acceptors (Lipinski definition) is 4. The Morgan fingerprint density at radius 2 is 2.05 bits per heavy atom. The molecule has 1 saturated heterocycles.